The summed E-state index contributed by atoms with van der Waals surface area (Å²) < 4.78 is 0. The highest BCUT2D eigenvalue weighted by Gasteiger charge is 2.29. The van der Waals surface area contributed by atoms with Crippen molar-refractivity contribution in [3.8, 4) is 0 Å². The van der Waals surface area contributed by atoms with Crippen LogP contribution in [0.1, 0.15) is 51.1 Å². The lowest BCUT2D eigenvalue weighted by molar-refractivity contribution is 0.712. The van der Waals surface area contributed by atoms with E-state index in [9.17, 15) is 0 Å². The maximum Gasteiger partial charge on any atom is 0.0474 e. The Hall–Kier alpha value is -0.730. The molecule has 0 spiro atoms. The van der Waals surface area contributed by atoms with Crippen LogP contribution in [0.5, 0.6) is 0 Å². The first kappa shape index (κ1) is 13.7. The number of rotatable bonds is 6. The fourth-order valence-corrected chi connectivity index (χ4v) is 2.65. The van der Waals surface area contributed by atoms with Crippen molar-refractivity contribution in [2.24, 2.45) is 5.73 Å². The van der Waals surface area contributed by atoms with Gasteiger partial charge in [0.1, 0.15) is 0 Å². The molecule has 0 aromatic heterocycles. The van der Waals surface area contributed by atoms with Crippen molar-refractivity contribution in [1.29, 1.82) is 0 Å². The molecule has 3 heteroatoms. The molecule has 1 fully saturated rings. The lowest BCUT2D eigenvalue weighted by atomic mass is 10.1. The van der Waals surface area contributed by atoms with Gasteiger partial charge in [0, 0.05) is 29.3 Å². The Balaban J connectivity index is 2.17. The van der Waals surface area contributed by atoms with Crippen LogP contribution >= 0.6 is 11.6 Å². The van der Waals surface area contributed by atoms with E-state index in [1.807, 2.05) is 6.92 Å². The number of nitrogens with zero attached hydrogens (tertiary/aromatic N) is 1. The van der Waals surface area contributed by atoms with Crippen LogP contribution in [0.25, 0.3) is 0 Å². The minimum Gasteiger partial charge on any atom is -0.369 e. The summed E-state index contributed by atoms with van der Waals surface area (Å²) in [4.78, 5) is 2.50. The quantitative estimate of drug-likeness (QED) is 0.839. The number of halogens is 1. The summed E-state index contributed by atoms with van der Waals surface area (Å²) in [5.74, 6) is 0. The van der Waals surface area contributed by atoms with E-state index >= 15 is 0 Å². The maximum atomic E-state index is 6.32. The molecule has 18 heavy (non-hydrogen) atoms. The average Bonchev–Trinajstić information content (AvgIpc) is 3.13. The van der Waals surface area contributed by atoms with Crippen molar-refractivity contribution in [1.82, 2.24) is 0 Å². The van der Waals surface area contributed by atoms with E-state index in [2.05, 4.69) is 30.0 Å². The summed E-state index contributed by atoms with van der Waals surface area (Å²) in [6, 6.07) is 7.04. The molecule has 0 aliphatic heterocycles. The van der Waals surface area contributed by atoms with E-state index in [-0.39, 0.29) is 6.04 Å². The standard InChI is InChI=1S/C15H23ClN2/c1-3-4-9-18(12-5-6-12)13-7-8-14(11(2)17)15(16)10-13/h7-8,10-12H,3-6,9,17H2,1-2H3. The lowest BCUT2D eigenvalue weighted by Gasteiger charge is -2.25. The summed E-state index contributed by atoms with van der Waals surface area (Å²) in [6.45, 7) is 5.34. The number of hydrogen-bond acceptors (Lipinski definition) is 2. The van der Waals surface area contributed by atoms with E-state index < -0.39 is 0 Å². The first-order valence-electron chi connectivity index (χ1n) is 6.95. The molecule has 1 saturated carbocycles. The summed E-state index contributed by atoms with van der Waals surface area (Å²) in [5, 5.41) is 0.796. The monoisotopic (exact) mass is 266 g/mol. The van der Waals surface area contributed by atoms with Gasteiger partial charge >= 0.3 is 0 Å². The fourth-order valence-electron chi connectivity index (χ4n) is 2.30. The van der Waals surface area contributed by atoms with Gasteiger partial charge in [0.2, 0.25) is 0 Å². The third kappa shape index (κ3) is 3.18. The van der Waals surface area contributed by atoms with Gasteiger partial charge in [0.15, 0.2) is 0 Å². The van der Waals surface area contributed by atoms with Crippen LogP contribution in [0.3, 0.4) is 0 Å². The summed E-state index contributed by atoms with van der Waals surface area (Å²) in [7, 11) is 0. The number of nitrogens with two attached hydrogens (primary N) is 1. The van der Waals surface area contributed by atoms with Crippen LogP contribution in [0.15, 0.2) is 18.2 Å². The van der Waals surface area contributed by atoms with Crippen LogP contribution in [0.2, 0.25) is 5.02 Å². The number of benzene rings is 1. The highest BCUT2D eigenvalue weighted by atomic mass is 35.5. The fraction of sp³-hybridized carbons (Fsp3) is 0.600. The molecule has 0 radical (unpaired) electrons. The average molecular weight is 267 g/mol. The first-order chi connectivity index (χ1) is 8.63. The molecule has 2 N–H and O–H groups in total. The molecular formula is C15H23ClN2. The number of hydrogen-bond donors (Lipinski definition) is 1. The molecule has 1 aliphatic rings. The Kier molecular flexibility index (Phi) is 4.52. The molecule has 1 unspecified atom stereocenters. The maximum absolute atomic E-state index is 6.32. The third-order valence-electron chi connectivity index (χ3n) is 3.55. The molecule has 0 amide bonds. The number of anilines is 1. The lowest BCUT2D eigenvalue weighted by Crippen LogP contribution is -2.26. The largest absolute Gasteiger partial charge is 0.369 e. The smallest absolute Gasteiger partial charge is 0.0474 e. The second-order valence-electron chi connectivity index (χ2n) is 5.27. The predicted molar refractivity (Wildman–Crippen MR) is 79.3 cm³/mol. The van der Waals surface area contributed by atoms with Crippen molar-refractivity contribution in [3.05, 3.63) is 28.8 Å². The molecule has 1 aromatic carbocycles. The van der Waals surface area contributed by atoms with Crippen LogP contribution in [0, 0.1) is 0 Å². The molecule has 1 aliphatic carbocycles. The second-order valence-corrected chi connectivity index (χ2v) is 5.68. The van der Waals surface area contributed by atoms with Gasteiger partial charge in [0.25, 0.3) is 0 Å². The normalized spacial score (nSPS) is 16.7. The Bertz CT molecular complexity index is 399. The Morgan fingerprint density at radius 2 is 2.17 bits per heavy atom. The van der Waals surface area contributed by atoms with Gasteiger partial charge in [-0.15, -0.1) is 0 Å². The van der Waals surface area contributed by atoms with Crippen LogP contribution in [0.4, 0.5) is 5.69 Å². The SMILES string of the molecule is CCCCN(c1ccc(C(C)N)c(Cl)c1)C1CC1. The molecule has 1 atom stereocenters. The molecule has 2 nitrogen and oxygen atoms in total. The van der Waals surface area contributed by atoms with E-state index in [4.69, 9.17) is 17.3 Å². The van der Waals surface area contributed by atoms with Gasteiger partial charge in [0.05, 0.1) is 0 Å². The van der Waals surface area contributed by atoms with E-state index in [1.54, 1.807) is 0 Å². The van der Waals surface area contributed by atoms with Crippen molar-refractivity contribution in [2.75, 3.05) is 11.4 Å². The highest BCUT2D eigenvalue weighted by Crippen LogP contribution is 2.34. The second kappa shape index (κ2) is 5.94. The molecular weight excluding hydrogens is 244 g/mol. The third-order valence-corrected chi connectivity index (χ3v) is 3.87. The minimum atomic E-state index is -0.00318. The molecule has 0 bridgehead atoms. The summed E-state index contributed by atoms with van der Waals surface area (Å²) in [5.41, 5.74) is 8.18. The Morgan fingerprint density at radius 1 is 1.44 bits per heavy atom. The van der Waals surface area contributed by atoms with Crippen molar-refractivity contribution in [3.63, 3.8) is 0 Å². The van der Waals surface area contributed by atoms with Crippen LogP contribution in [-0.4, -0.2) is 12.6 Å². The summed E-state index contributed by atoms with van der Waals surface area (Å²) >= 11 is 6.32. The first-order valence-corrected chi connectivity index (χ1v) is 7.33. The van der Waals surface area contributed by atoms with Crippen molar-refractivity contribution in [2.45, 2.75) is 51.6 Å². The molecule has 0 saturated heterocycles. The van der Waals surface area contributed by atoms with Gasteiger partial charge in [-0.05, 0) is 43.9 Å². The highest BCUT2D eigenvalue weighted by molar-refractivity contribution is 6.31. The molecule has 0 heterocycles. The predicted octanol–water partition coefficient (Wildman–Crippen LogP) is 4.13. The van der Waals surface area contributed by atoms with Crippen molar-refractivity contribution < 1.29 is 0 Å². The van der Waals surface area contributed by atoms with E-state index in [0.29, 0.717) is 0 Å². The van der Waals surface area contributed by atoms with Gasteiger partial charge in [-0.1, -0.05) is 31.0 Å². The summed E-state index contributed by atoms with van der Waals surface area (Å²) in [6.07, 6.45) is 5.10. The molecule has 2 rings (SSSR count). The zero-order valence-corrected chi connectivity index (χ0v) is 12.1. The zero-order chi connectivity index (χ0) is 13.1. The van der Waals surface area contributed by atoms with E-state index in [0.717, 1.165) is 23.2 Å². The van der Waals surface area contributed by atoms with Gasteiger partial charge < -0.3 is 10.6 Å². The zero-order valence-electron chi connectivity index (χ0n) is 11.3. The van der Waals surface area contributed by atoms with Crippen LogP contribution in [-0.2, 0) is 0 Å². The van der Waals surface area contributed by atoms with Crippen molar-refractivity contribution >= 4 is 17.3 Å². The van der Waals surface area contributed by atoms with E-state index in [1.165, 1.54) is 31.4 Å². The minimum absolute atomic E-state index is 0.00318. The van der Waals surface area contributed by atoms with Crippen LogP contribution < -0.4 is 10.6 Å². The number of unbranched alkanes of at least 4 members (excludes halogenated alkanes) is 1. The molecule has 1 aromatic rings. The Morgan fingerprint density at radius 3 is 2.67 bits per heavy atom. The Labute approximate surface area is 115 Å². The molecule has 100 valence electrons. The topological polar surface area (TPSA) is 29.3 Å². The van der Waals surface area contributed by atoms with Gasteiger partial charge in [-0.25, -0.2) is 0 Å². The van der Waals surface area contributed by atoms with Gasteiger partial charge in [-0.3, -0.25) is 0 Å². The van der Waals surface area contributed by atoms with Gasteiger partial charge in [-0.2, -0.15) is 0 Å².